The number of ketones is 1. The number of carbonyl (C=O) groups is 1. The Morgan fingerprint density at radius 1 is 1.36 bits per heavy atom. The van der Waals surface area contributed by atoms with E-state index < -0.39 is 0 Å². The Morgan fingerprint density at radius 3 is 2.50 bits per heavy atom. The molecule has 0 spiro atoms. The van der Waals surface area contributed by atoms with Crippen molar-refractivity contribution in [3.05, 3.63) is 33.8 Å². The zero-order chi connectivity index (χ0) is 10.7. The maximum absolute atomic E-state index is 11.7. The number of carbonyl (C=O) groups excluding carboxylic acids is 1. The van der Waals surface area contributed by atoms with Crippen molar-refractivity contribution >= 4 is 29.0 Å². The second-order valence-electron chi connectivity index (χ2n) is 3.30. The second kappa shape index (κ2) is 4.81. The van der Waals surface area contributed by atoms with Gasteiger partial charge in [0.25, 0.3) is 0 Å². The van der Waals surface area contributed by atoms with Crippen molar-refractivity contribution in [1.29, 1.82) is 0 Å². The van der Waals surface area contributed by atoms with Gasteiger partial charge in [0.2, 0.25) is 0 Å². The number of benzene rings is 1. The zero-order valence-electron chi connectivity index (χ0n) is 8.18. The van der Waals surface area contributed by atoms with E-state index in [4.69, 9.17) is 23.2 Å². The molecule has 76 valence electrons. The molecule has 0 N–H and O–H groups in total. The fourth-order valence-electron chi connectivity index (χ4n) is 1.12. The highest BCUT2D eigenvalue weighted by Crippen LogP contribution is 2.24. The summed E-state index contributed by atoms with van der Waals surface area (Å²) in [6, 6.07) is 4.99. The molecule has 0 saturated carbocycles. The summed E-state index contributed by atoms with van der Waals surface area (Å²) in [5.74, 6) is 0.151. The van der Waals surface area contributed by atoms with Crippen LogP contribution in [0.25, 0.3) is 0 Å². The van der Waals surface area contributed by atoms with Crippen LogP contribution in [-0.2, 0) is 0 Å². The van der Waals surface area contributed by atoms with E-state index >= 15 is 0 Å². The topological polar surface area (TPSA) is 17.1 Å². The van der Waals surface area contributed by atoms with E-state index in [1.165, 1.54) is 0 Å². The smallest absolute Gasteiger partial charge is 0.165 e. The van der Waals surface area contributed by atoms with Crippen LogP contribution in [0.5, 0.6) is 0 Å². The molecule has 1 rings (SSSR count). The van der Waals surface area contributed by atoms with Crippen LogP contribution in [0.3, 0.4) is 0 Å². The van der Waals surface area contributed by atoms with E-state index in [1.807, 2.05) is 13.8 Å². The van der Waals surface area contributed by atoms with Gasteiger partial charge in [-0.2, -0.15) is 0 Å². The van der Waals surface area contributed by atoms with Gasteiger partial charge in [-0.3, -0.25) is 4.79 Å². The maximum Gasteiger partial charge on any atom is 0.165 e. The quantitative estimate of drug-likeness (QED) is 0.711. The zero-order valence-corrected chi connectivity index (χ0v) is 9.69. The molecule has 0 aliphatic rings. The minimum atomic E-state index is 0.0345. The van der Waals surface area contributed by atoms with Crippen LogP contribution >= 0.6 is 23.2 Å². The highest BCUT2D eigenvalue weighted by atomic mass is 35.5. The number of Topliss-reactive ketones (excluding diaryl/α,β-unsaturated/α-hetero) is 1. The largest absolute Gasteiger partial charge is 0.294 e. The molecule has 1 atom stereocenters. The first-order chi connectivity index (χ1) is 6.56. The molecule has 14 heavy (non-hydrogen) atoms. The molecule has 1 aromatic carbocycles. The van der Waals surface area contributed by atoms with E-state index in [2.05, 4.69) is 0 Å². The number of hydrogen-bond donors (Lipinski definition) is 0. The molecule has 1 aromatic rings. The lowest BCUT2D eigenvalue weighted by Crippen LogP contribution is -2.09. The van der Waals surface area contributed by atoms with Gasteiger partial charge < -0.3 is 0 Å². The van der Waals surface area contributed by atoms with Crippen molar-refractivity contribution in [3.8, 4) is 0 Å². The molecule has 0 radical (unpaired) electrons. The van der Waals surface area contributed by atoms with Crippen LogP contribution < -0.4 is 0 Å². The van der Waals surface area contributed by atoms with Crippen LogP contribution in [0.1, 0.15) is 30.6 Å². The summed E-state index contributed by atoms with van der Waals surface area (Å²) in [7, 11) is 0. The molecular weight excluding hydrogens is 219 g/mol. The third-order valence-electron chi connectivity index (χ3n) is 2.26. The Bertz CT molecular complexity index is 347. The second-order valence-corrected chi connectivity index (χ2v) is 4.12. The van der Waals surface area contributed by atoms with Crippen molar-refractivity contribution in [3.63, 3.8) is 0 Å². The van der Waals surface area contributed by atoms with Gasteiger partial charge in [-0.25, -0.2) is 0 Å². The minimum absolute atomic E-state index is 0.0345. The molecule has 3 heteroatoms. The van der Waals surface area contributed by atoms with Gasteiger partial charge in [0.1, 0.15) is 0 Å². The summed E-state index contributed by atoms with van der Waals surface area (Å²) in [4.78, 5) is 11.7. The predicted octanol–water partition coefficient (Wildman–Crippen LogP) is 4.22. The van der Waals surface area contributed by atoms with Gasteiger partial charge in [0, 0.05) is 11.5 Å². The summed E-state index contributed by atoms with van der Waals surface area (Å²) >= 11 is 11.6. The van der Waals surface area contributed by atoms with Gasteiger partial charge in [0.05, 0.1) is 10.0 Å². The van der Waals surface area contributed by atoms with Crippen molar-refractivity contribution < 1.29 is 4.79 Å². The van der Waals surface area contributed by atoms with Crippen molar-refractivity contribution in [2.24, 2.45) is 5.92 Å². The lowest BCUT2D eigenvalue weighted by atomic mass is 9.97. The van der Waals surface area contributed by atoms with Crippen LogP contribution in [0, 0.1) is 5.92 Å². The van der Waals surface area contributed by atoms with Crippen molar-refractivity contribution in [1.82, 2.24) is 0 Å². The van der Waals surface area contributed by atoms with Crippen molar-refractivity contribution in [2.45, 2.75) is 20.3 Å². The monoisotopic (exact) mass is 230 g/mol. The number of halogens is 2. The third kappa shape index (κ3) is 2.49. The molecule has 1 unspecified atom stereocenters. The molecule has 0 aliphatic carbocycles. The first-order valence-corrected chi connectivity index (χ1v) is 5.31. The Hall–Kier alpha value is -0.530. The Kier molecular flexibility index (Phi) is 3.97. The predicted molar refractivity (Wildman–Crippen MR) is 60.2 cm³/mol. The molecule has 0 saturated heterocycles. The highest BCUT2D eigenvalue weighted by Gasteiger charge is 2.13. The summed E-state index contributed by atoms with van der Waals surface area (Å²) in [6.07, 6.45) is 0.832. The fraction of sp³-hybridized carbons (Fsp3) is 0.364. The van der Waals surface area contributed by atoms with Gasteiger partial charge >= 0.3 is 0 Å². The van der Waals surface area contributed by atoms with E-state index in [0.29, 0.717) is 15.6 Å². The minimum Gasteiger partial charge on any atom is -0.294 e. The molecule has 0 aromatic heterocycles. The van der Waals surface area contributed by atoms with E-state index in [-0.39, 0.29) is 11.7 Å². The van der Waals surface area contributed by atoms with E-state index in [0.717, 1.165) is 6.42 Å². The lowest BCUT2D eigenvalue weighted by Gasteiger charge is -2.07. The van der Waals surface area contributed by atoms with Crippen molar-refractivity contribution in [2.75, 3.05) is 0 Å². The molecule has 1 nitrogen and oxygen atoms in total. The average molecular weight is 231 g/mol. The molecule has 0 heterocycles. The number of rotatable bonds is 3. The molecule has 0 fully saturated rings. The lowest BCUT2D eigenvalue weighted by molar-refractivity contribution is 0.0927. The molecule has 0 amide bonds. The molecule has 0 aliphatic heterocycles. The normalized spacial score (nSPS) is 12.6. The van der Waals surface area contributed by atoms with Crippen LogP contribution in [-0.4, -0.2) is 5.78 Å². The van der Waals surface area contributed by atoms with Gasteiger partial charge in [-0.15, -0.1) is 0 Å². The van der Waals surface area contributed by atoms with E-state index in [1.54, 1.807) is 18.2 Å². The summed E-state index contributed by atoms with van der Waals surface area (Å²) < 4.78 is 0. The Morgan fingerprint density at radius 2 is 2.00 bits per heavy atom. The number of hydrogen-bond acceptors (Lipinski definition) is 1. The van der Waals surface area contributed by atoms with Gasteiger partial charge in [0.15, 0.2) is 5.78 Å². The fourth-order valence-corrected chi connectivity index (χ4v) is 1.42. The average Bonchev–Trinajstić information content (AvgIpc) is 2.20. The SMILES string of the molecule is CCC(C)C(=O)c1ccc(Cl)c(Cl)c1. The maximum atomic E-state index is 11.7. The Balaban J connectivity index is 2.97. The first-order valence-electron chi connectivity index (χ1n) is 4.55. The molecule has 0 bridgehead atoms. The van der Waals surface area contributed by atoms with Gasteiger partial charge in [-0.1, -0.05) is 37.0 Å². The summed E-state index contributed by atoms with van der Waals surface area (Å²) in [6.45, 7) is 3.89. The van der Waals surface area contributed by atoms with Crippen LogP contribution in [0.2, 0.25) is 10.0 Å². The van der Waals surface area contributed by atoms with Gasteiger partial charge in [-0.05, 0) is 24.6 Å². The summed E-state index contributed by atoms with van der Waals surface area (Å²) in [5, 5.41) is 0.910. The molecular formula is C11H12Cl2O. The first kappa shape index (κ1) is 11.5. The van der Waals surface area contributed by atoms with Crippen LogP contribution in [0.4, 0.5) is 0 Å². The Labute approximate surface area is 94.0 Å². The van der Waals surface area contributed by atoms with E-state index in [9.17, 15) is 4.79 Å². The standard InChI is InChI=1S/C11H12Cl2O/c1-3-7(2)11(14)8-4-5-9(12)10(13)6-8/h4-7H,3H2,1-2H3. The summed E-state index contributed by atoms with van der Waals surface area (Å²) in [5.41, 5.74) is 0.633. The third-order valence-corrected chi connectivity index (χ3v) is 3.00. The highest BCUT2D eigenvalue weighted by molar-refractivity contribution is 6.42. The van der Waals surface area contributed by atoms with Crippen LogP contribution in [0.15, 0.2) is 18.2 Å².